The standard InChI is InChI=1S/C12H11NO5/c14-10-6-18-7-11(15)13(10)9-3-1-8(2-4-9)5-12(16)17/h1-4H,5-7H2,(H,16,17). The monoisotopic (exact) mass is 249 g/mol. The minimum Gasteiger partial charge on any atom is -0.481 e. The lowest BCUT2D eigenvalue weighted by Gasteiger charge is -2.24. The largest absolute Gasteiger partial charge is 0.481 e. The summed E-state index contributed by atoms with van der Waals surface area (Å²) in [5.41, 5.74) is 1.04. The first-order valence-electron chi connectivity index (χ1n) is 5.32. The molecule has 2 rings (SSSR count). The van der Waals surface area contributed by atoms with Gasteiger partial charge in [0.2, 0.25) is 0 Å². The van der Waals surface area contributed by atoms with Crippen molar-refractivity contribution in [2.24, 2.45) is 0 Å². The normalized spacial score (nSPS) is 15.9. The number of morpholine rings is 1. The van der Waals surface area contributed by atoms with Crippen molar-refractivity contribution < 1.29 is 24.2 Å². The molecule has 0 atom stereocenters. The van der Waals surface area contributed by atoms with E-state index >= 15 is 0 Å². The van der Waals surface area contributed by atoms with Crippen LogP contribution in [0.25, 0.3) is 0 Å². The van der Waals surface area contributed by atoms with Gasteiger partial charge in [0.25, 0.3) is 11.8 Å². The predicted molar refractivity (Wildman–Crippen MR) is 61.1 cm³/mol. The van der Waals surface area contributed by atoms with Gasteiger partial charge in [-0.3, -0.25) is 14.4 Å². The molecule has 1 heterocycles. The van der Waals surface area contributed by atoms with E-state index < -0.39 is 17.8 Å². The van der Waals surface area contributed by atoms with Crippen molar-refractivity contribution in [1.29, 1.82) is 0 Å². The number of amides is 2. The number of carboxylic acids is 1. The van der Waals surface area contributed by atoms with Crippen LogP contribution in [0, 0.1) is 0 Å². The Kier molecular flexibility index (Phi) is 3.38. The molecule has 6 nitrogen and oxygen atoms in total. The fourth-order valence-corrected chi connectivity index (χ4v) is 1.72. The van der Waals surface area contributed by atoms with Gasteiger partial charge in [0.15, 0.2) is 0 Å². The average Bonchev–Trinajstić information content (AvgIpc) is 2.30. The van der Waals surface area contributed by atoms with E-state index in [9.17, 15) is 14.4 Å². The number of rotatable bonds is 3. The fraction of sp³-hybridized carbons (Fsp3) is 0.250. The van der Waals surface area contributed by atoms with E-state index in [1.54, 1.807) is 24.3 Å². The number of anilines is 1. The molecule has 0 aliphatic carbocycles. The number of imide groups is 1. The number of carbonyl (C=O) groups is 3. The Morgan fingerprint density at radius 2 is 1.72 bits per heavy atom. The molecule has 18 heavy (non-hydrogen) atoms. The van der Waals surface area contributed by atoms with Crippen LogP contribution in [0.1, 0.15) is 5.56 Å². The van der Waals surface area contributed by atoms with Gasteiger partial charge in [-0.05, 0) is 17.7 Å². The van der Waals surface area contributed by atoms with E-state index in [1.165, 1.54) is 0 Å². The van der Waals surface area contributed by atoms with Gasteiger partial charge in [-0.2, -0.15) is 0 Å². The van der Waals surface area contributed by atoms with Gasteiger partial charge < -0.3 is 9.84 Å². The second kappa shape index (κ2) is 4.97. The molecular weight excluding hydrogens is 238 g/mol. The Bertz CT molecular complexity index is 478. The first kappa shape index (κ1) is 12.3. The van der Waals surface area contributed by atoms with Gasteiger partial charge in [-0.1, -0.05) is 12.1 Å². The summed E-state index contributed by atoms with van der Waals surface area (Å²) in [5, 5.41) is 8.63. The molecule has 6 heteroatoms. The third-order valence-electron chi connectivity index (χ3n) is 2.50. The number of carbonyl (C=O) groups excluding carboxylic acids is 2. The molecule has 94 valence electrons. The summed E-state index contributed by atoms with van der Waals surface area (Å²) in [6, 6.07) is 6.28. The lowest BCUT2D eigenvalue weighted by Crippen LogP contribution is -2.46. The van der Waals surface area contributed by atoms with E-state index in [4.69, 9.17) is 9.84 Å². The molecule has 0 spiro atoms. The fourth-order valence-electron chi connectivity index (χ4n) is 1.72. The van der Waals surface area contributed by atoms with E-state index in [0.29, 0.717) is 11.3 Å². The van der Waals surface area contributed by atoms with Crippen molar-refractivity contribution in [3.05, 3.63) is 29.8 Å². The molecule has 0 saturated carbocycles. The van der Waals surface area contributed by atoms with Gasteiger partial charge in [0, 0.05) is 0 Å². The first-order valence-corrected chi connectivity index (χ1v) is 5.32. The zero-order chi connectivity index (χ0) is 13.1. The molecule has 2 amide bonds. The molecule has 1 saturated heterocycles. The minimum absolute atomic E-state index is 0.0920. The van der Waals surface area contributed by atoms with Crippen molar-refractivity contribution in [3.8, 4) is 0 Å². The van der Waals surface area contributed by atoms with Crippen LogP contribution in [-0.4, -0.2) is 36.1 Å². The maximum absolute atomic E-state index is 11.6. The third kappa shape index (κ3) is 2.54. The molecule has 0 bridgehead atoms. The van der Waals surface area contributed by atoms with Gasteiger partial charge in [0.05, 0.1) is 12.1 Å². The summed E-state index contributed by atoms with van der Waals surface area (Å²) in [6.07, 6.45) is -0.0920. The van der Waals surface area contributed by atoms with Crippen molar-refractivity contribution in [3.63, 3.8) is 0 Å². The number of aliphatic carboxylic acids is 1. The second-order valence-electron chi connectivity index (χ2n) is 3.85. The molecule has 1 aliphatic rings. The lowest BCUT2D eigenvalue weighted by atomic mass is 10.1. The maximum Gasteiger partial charge on any atom is 0.307 e. The van der Waals surface area contributed by atoms with Crippen molar-refractivity contribution >= 4 is 23.5 Å². The molecule has 0 radical (unpaired) electrons. The van der Waals surface area contributed by atoms with E-state index in [2.05, 4.69) is 0 Å². The molecule has 1 fully saturated rings. The Morgan fingerprint density at radius 1 is 1.17 bits per heavy atom. The van der Waals surface area contributed by atoms with Gasteiger partial charge in [-0.25, -0.2) is 4.90 Å². The van der Waals surface area contributed by atoms with Crippen LogP contribution in [0.2, 0.25) is 0 Å². The predicted octanol–water partition coefficient (Wildman–Crippen LogP) is 0.203. The van der Waals surface area contributed by atoms with Gasteiger partial charge in [-0.15, -0.1) is 0 Å². The van der Waals surface area contributed by atoms with Crippen molar-refractivity contribution in [2.45, 2.75) is 6.42 Å². The van der Waals surface area contributed by atoms with E-state index in [-0.39, 0.29) is 19.6 Å². The summed E-state index contributed by atoms with van der Waals surface area (Å²) >= 11 is 0. The average molecular weight is 249 g/mol. The summed E-state index contributed by atoms with van der Waals surface area (Å²) in [6.45, 7) is -0.245. The number of carboxylic acid groups (broad SMARTS) is 1. The zero-order valence-corrected chi connectivity index (χ0v) is 9.46. The topological polar surface area (TPSA) is 83.9 Å². The minimum atomic E-state index is -0.929. The van der Waals surface area contributed by atoms with Crippen LogP contribution < -0.4 is 4.90 Å². The SMILES string of the molecule is O=C(O)Cc1ccc(N2C(=O)COCC2=O)cc1. The maximum atomic E-state index is 11.6. The smallest absolute Gasteiger partial charge is 0.307 e. The summed E-state index contributed by atoms with van der Waals surface area (Å²) in [7, 11) is 0. The quantitative estimate of drug-likeness (QED) is 0.774. The van der Waals surface area contributed by atoms with Gasteiger partial charge in [0.1, 0.15) is 13.2 Å². The Balaban J connectivity index is 2.20. The van der Waals surface area contributed by atoms with Crippen LogP contribution >= 0.6 is 0 Å². The Labute approximate surface area is 103 Å². The molecule has 0 unspecified atom stereocenters. The highest BCUT2D eigenvalue weighted by atomic mass is 16.5. The van der Waals surface area contributed by atoms with Crippen LogP contribution in [-0.2, 0) is 25.5 Å². The van der Waals surface area contributed by atoms with Crippen LogP contribution in [0.5, 0.6) is 0 Å². The number of ether oxygens (including phenoxy) is 1. The number of hydrogen-bond donors (Lipinski definition) is 1. The second-order valence-corrected chi connectivity index (χ2v) is 3.85. The van der Waals surface area contributed by atoms with Crippen LogP contribution in [0.3, 0.4) is 0 Å². The van der Waals surface area contributed by atoms with E-state index in [1.807, 2.05) is 0 Å². The van der Waals surface area contributed by atoms with Crippen molar-refractivity contribution in [2.75, 3.05) is 18.1 Å². The van der Waals surface area contributed by atoms with Crippen LogP contribution in [0.4, 0.5) is 5.69 Å². The molecule has 1 N–H and O–H groups in total. The summed E-state index contributed by atoms with van der Waals surface area (Å²) in [5.74, 6) is -1.77. The van der Waals surface area contributed by atoms with Gasteiger partial charge >= 0.3 is 5.97 Å². The Hall–Kier alpha value is -2.21. The highest BCUT2D eigenvalue weighted by molar-refractivity contribution is 6.16. The number of hydrogen-bond acceptors (Lipinski definition) is 4. The molecule has 1 aromatic rings. The first-order chi connectivity index (χ1) is 8.58. The van der Waals surface area contributed by atoms with Crippen LogP contribution in [0.15, 0.2) is 24.3 Å². The highest BCUT2D eigenvalue weighted by Gasteiger charge is 2.27. The molecule has 1 aromatic carbocycles. The zero-order valence-electron chi connectivity index (χ0n) is 9.46. The lowest BCUT2D eigenvalue weighted by molar-refractivity contribution is -0.138. The van der Waals surface area contributed by atoms with E-state index in [0.717, 1.165) is 4.90 Å². The number of benzene rings is 1. The highest BCUT2D eigenvalue weighted by Crippen LogP contribution is 2.18. The number of nitrogens with zero attached hydrogens (tertiary/aromatic N) is 1. The summed E-state index contributed by atoms with van der Waals surface area (Å²) < 4.78 is 4.80. The third-order valence-corrected chi connectivity index (χ3v) is 2.50. The molecular formula is C12H11NO5. The Morgan fingerprint density at radius 3 is 2.22 bits per heavy atom. The molecule has 0 aromatic heterocycles. The molecule has 1 aliphatic heterocycles. The summed E-state index contributed by atoms with van der Waals surface area (Å²) in [4.78, 5) is 34.7. The van der Waals surface area contributed by atoms with Crippen molar-refractivity contribution in [1.82, 2.24) is 0 Å².